The molecule has 0 fully saturated rings. The summed E-state index contributed by atoms with van der Waals surface area (Å²) in [7, 11) is 1.63. The molecule has 178 valence electrons. The second-order valence-electron chi connectivity index (χ2n) is 8.24. The van der Waals surface area contributed by atoms with E-state index in [1.807, 2.05) is 79.1 Å². The monoisotopic (exact) mass is 487 g/mol. The normalized spacial score (nSPS) is 15.3. The Kier molecular flexibility index (Phi) is 6.41. The van der Waals surface area contributed by atoms with Gasteiger partial charge in [0.15, 0.2) is 5.16 Å². The number of hydrazone groups is 1. The predicted octanol–water partition coefficient (Wildman–Crippen LogP) is 4.96. The van der Waals surface area contributed by atoms with Crippen molar-refractivity contribution < 1.29 is 13.9 Å². The van der Waals surface area contributed by atoms with Crippen LogP contribution in [-0.2, 0) is 4.79 Å². The van der Waals surface area contributed by atoms with Crippen LogP contribution in [-0.4, -0.2) is 44.3 Å². The van der Waals surface area contributed by atoms with Crippen molar-refractivity contribution in [2.24, 2.45) is 5.10 Å². The minimum absolute atomic E-state index is 0.129. The Hall–Kier alpha value is -3.85. The Balaban J connectivity index is 1.37. The van der Waals surface area contributed by atoms with Gasteiger partial charge in [-0.1, -0.05) is 29.5 Å². The van der Waals surface area contributed by atoms with Gasteiger partial charge in [-0.05, 0) is 67.9 Å². The van der Waals surface area contributed by atoms with Gasteiger partial charge < -0.3 is 9.15 Å². The first-order valence-corrected chi connectivity index (χ1v) is 12.2. The van der Waals surface area contributed by atoms with Crippen LogP contribution in [0.2, 0.25) is 0 Å². The average molecular weight is 488 g/mol. The van der Waals surface area contributed by atoms with E-state index in [2.05, 4.69) is 10.2 Å². The highest BCUT2D eigenvalue weighted by molar-refractivity contribution is 7.99. The van der Waals surface area contributed by atoms with E-state index in [1.54, 1.807) is 13.4 Å². The topological polar surface area (TPSA) is 85.8 Å². The van der Waals surface area contributed by atoms with Gasteiger partial charge in [0.1, 0.15) is 23.4 Å². The number of furan rings is 1. The molecule has 4 aromatic rings. The van der Waals surface area contributed by atoms with E-state index in [0.717, 1.165) is 28.5 Å². The Bertz CT molecular complexity index is 1340. The average Bonchev–Trinajstić information content (AvgIpc) is 3.63. The first-order chi connectivity index (χ1) is 17.0. The molecule has 0 aliphatic carbocycles. The van der Waals surface area contributed by atoms with E-state index < -0.39 is 0 Å². The summed E-state index contributed by atoms with van der Waals surface area (Å²) in [5, 5.41) is 15.4. The molecule has 0 spiro atoms. The maximum Gasteiger partial charge on any atom is 0.253 e. The quantitative estimate of drug-likeness (QED) is 0.343. The van der Waals surface area contributed by atoms with E-state index in [1.165, 1.54) is 22.3 Å². The zero-order chi connectivity index (χ0) is 24.4. The highest BCUT2D eigenvalue weighted by atomic mass is 32.2. The molecular weight excluding hydrogens is 462 g/mol. The summed E-state index contributed by atoms with van der Waals surface area (Å²) in [5.41, 5.74) is 3.90. The van der Waals surface area contributed by atoms with Gasteiger partial charge in [-0.2, -0.15) is 5.10 Å². The first-order valence-electron chi connectivity index (χ1n) is 11.2. The summed E-state index contributed by atoms with van der Waals surface area (Å²) >= 11 is 1.34. The smallest absolute Gasteiger partial charge is 0.253 e. The second kappa shape index (κ2) is 9.79. The fraction of sp³-hybridized carbons (Fsp3) is 0.231. The van der Waals surface area contributed by atoms with Crippen LogP contribution in [0.4, 0.5) is 0 Å². The molecule has 0 radical (unpaired) electrons. The number of aromatic nitrogens is 3. The Labute approximate surface area is 207 Å². The van der Waals surface area contributed by atoms with Crippen LogP contribution in [0, 0.1) is 13.8 Å². The number of rotatable bonds is 7. The molecule has 0 unspecified atom stereocenters. The number of ether oxygens (including phenoxy) is 1. The zero-order valence-corrected chi connectivity index (χ0v) is 20.5. The molecule has 35 heavy (non-hydrogen) atoms. The van der Waals surface area contributed by atoms with Crippen LogP contribution in [0.25, 0.3) is 5.69 Å². The van der Waals surface area contributed by atoms with Crippen LogP contribution in [0.1, 0.15) is 35.2 Å². The predicted molar refractivity (Wildman–Crippen MR) is 134 cm³/mol. The van der Waals surface area contributed by atoms with Crippen molar-refractivity contribution in [1.29, 1.82) is 0 Å². The van der Waals surface area contributed by atoms with Crippen molar-refractivity contribution >= 4 is 23.4 Å². The van der Waals surface area contributed by atoms with Crippen LogP contribution in [0.15, 0.2) is 81.6 Å². The molecule has 2 aromatic heterocycles. The second-order valence-corrected chi connectivity index (χ2v) is 9.18. The summed E-state index contributed by atoms with van der Waals surface area (Å²) in [6.45, 7) is 3.95. The van der Waals surface area contributed by atoms with Crippen LogP contribution < -0.4 is 4.74 Å². The molecule has 9 heteroatoms. The van der Waals surface area contributed by atoms with Gasteiger partial charge in [0.25, 0.3) is 5.91 Å². The molecule has 0 saturated heterocycles. The largest absolute Gasteiger partial charge is 0.497 e. The standard InChI is InChI=1S/C26H25N5O3S/c1-17-6-10-20(11-7-17)30-18(2)27-28-26(30)35-16-25(32)31-23(24-5-4-14-34-24)15-22(29-31)19-8-12-21(33-3)13-9-19/h4-14,23H,15-16H2,1-3H3/t23-/m1/s1. The molecule has 0 saturated carbocycles. The van der Waals surface area contributed by atoms with Crippen molar-refractivity contribution in [2.45, 2.75) is 31.5 Å². The molecular formula is C26H25N5O3S. The number of aryl methyl sites for hydroxylation is 2. The molecule has 1 atom stereocenters. The number of hydrogen-bond donors (Lipinski definition) is 0. The maximum absolute atomic E-state index is 13.4. The third-order valence-electron chi connectivity index (χ3n) is 5.87. The van der Waals surface area contributed by atoms with Crippen molar-refractivity contribution in [3.63, 3.8) is 0 Å². The Morgan fingerprint density at radius 3 is 2.54 bits per heavy atom. The molecule has 5 rings (SSSR count). The summed E-state index contributed by atoms with van der Waals surface area (Å²) in [4.78, 5) is 13.4. The molecule has 1 amide bonds. The fourth-order valence-corrected chi connectivity index (χ4v) is 4.87. The maximum atomic E-state index is 13.4. The summed E-state index contributed by atoms with van der Waals surface area (Å²) in [6.07, 6.45) is 2.18. The van der Waals surface area contributed by atoms with E-state index in [9.17, 15) is 4.79 Å². The zero-order valence-electron chi connectivity index (χ0n) is 19.7. The van der Waals surface area contributed by atoms with Gasteiger partial charge in [-0.15, -0.1) is 10.2 Å². The van der Waals surface area contributed by atoms with Gasteiger partial charge in [0.2, 0.25) is 0 Å². The van der Waals surface area contributed by atoms with Crippen molar-refractivity contribution in [1.82, 2.24) is 19.8 Å². The molecule has 3 heterocycles. The lowest BCUT2D eigenvalue weighted by atomic mass is 10.0. The minimum Gasteiger partial charge on any atom is -0.497 e. The third kappa shape index (κ3) is 4.72. The fourth-order valence-electron chi connectivity index (χ4n) is 4.02. The molecule has 8 nitrogen and oxygen atoms in total. The Morgan fingerprint density at radius 1 is 1.09 bits per heavy atom. The van der Waals surface area contributed by atoms with Gasteiger partial charge in [0, 0.05) is 12.1 Å². The number of carbonyl (C=O) groups is 1. The van der Waals surface area contributed by atoms with Gasteiger partial charge >= 0.3 is 0 Å². The van der Waals surface area contributed by atoms with Crippen LogP contribution in [0.5, 0.6) is 5.75 Å². The lowest BCUT2D eigenvalue weighted by molar-refractivity contribution is -0.130. The third-order valence-corrected chi connectivity index (χ3v) is 6.79. The van der Waals surface area contributed by atoms with E-state index in [-0.39, 0.29) is 17.7 Å². The van der Waals surface area contributed by atoms with Crippen molar-refractivity contribution in [3.8, 4) is 11.4 Å². The number of carbonyl (C=O) groups excluding carboxylic acids is 1. The van der Waals surface area contributed by atoms with Crippen LogP contribution in [0.3, 0.4) is 0 Å². The van der Waals surface area contributed by atoms with E-state index in [4.69, 9.17) is 14.3 Å². The number of thioether (sulfide) groups is 1. The van der Waals surface area contributed by atoms with E-state index >= 15 is 0 Å². The number of amides is 1. The van der Waals surface area contributed by atoms with Gasteiger partial charge in [0.05, 0.1) is 24.8 Å². The van der Waals surface area contributed by atoms with Crippen molar-refractivity contribution in [2.75, 3.05) is 12.9 Å². The molecule has 2 aromatic carbocycles. The molecule has 1 aliphatic heterocycles. The number of benzene rings is 2. The summed E-state index contributed by atoms with van der Waals surface area (Å²) in [5.74, 6) is 2.27. The van der Waals surface area contributed by atoms with Gasteiger partial charge in [-0.3, -0.25) is 9.36 Å². The summed E-state index contributed by atoms with van der Waals surface area (Å²) in [6, 6.07) is 19.2. The van der Waals surface area contributed by atoms with Gasteiger partial charge in [-0.25, -0.2) is 5.01 Å². The number of hydrogen-bond acceptors (Lipinski definition) is 7. The molecule has 0 N–H and O–H groups in total. The highest BCUT2D eigenvalue weighted by Gasteiger charge is 2.35. The number of nitrogens with zero attached hydrogens (tertiary/aromatic N) is 5. The number of methoxy groups -OCH3 is 1. The lowest BCUT2D eigenvalue weighted by Gasteiger charge is -2.19. The summed E-state index contributed by atoms with van der Waals surface area (Å²) < 4.78 is 12.9. The first kappa shape index (κ1) is 22.9. The Morgan fingerprint density at radius 2 is 1.86 bits per heavy atom. The SMILES string of the molecule is COc1ccc(C2=NN(C(=O)CSc3nnc(C)n3-c3ccc(C)cc3)[C@@H](c3ccco3)C2)cc1. The van der Waals surface area contributed by atoms with Crippen LogP contribution >= 0.6 is 11.8 Å². The minimum atomic E-state index is -0.299. The van der Waals surface area contributed by atoms with Crippen molar-refractivity contribution in [3.05, 3.63) is 89.6 Å². The molecule has 1 aliphatic rings. The van der Waals surface area contributed by atoms with E-state index in [0.29, 0.717) is 17.3 Å². The highest BCUT2D eigenvalue weighted by Crippen LogP contribution is 2.34. The lowest BCUT2D eigenvalue weighted by Crippen LogP contribution is -2.28. The molecule has 0 bridgehead atoms.